The van der Waals surface area contributed by atoms with Gasteiger partial charge in [0.25, 0.3) is 11.1 Å². The normalized spacial score (nSPS) is 11.3. The molecular formula is C14H8ClN3O2S2. The molecule has 5 nitrogen and oxygen atoms in total. The molecule has 0 aliphatic heterocycles. The number of oxazole rings is 1. The van der Waals surface area contributed by atoms with Crippen molar-refractivity contribution in [2.75, 3.05) is 0 Å². The van der Waals surface area contributed by atoms with Crippen molar-refractivity contribution in [3.8, 4) is 11.5 Å². The van der Waals surface area contributed by atoms with Crippen LogP contribution in [0.2, 0.25) is 5.02 Å². The number of thiophene rings is 1. The molecule has 0 amide bonds. The van der Waals surface area contributed by atoms with Crippen molar-refractivity contribution in [1.82, 2.24) is 15.1 Å². The van der Waals surface area contributed by atoms with Gasteiger partial charge in [0.2, 0.25) is 0 Å². The van der Waals surface area contributed by atoms with Gasteiger partial charge in [-0.1, -0.05) is 28.5 Å². The van der Waals surface area contributed by atoms with E-state index in [4.69, 9.17) is 20.5 Å². The number of nitrogens with zero attached hydrogens (tertiary/aromatic N) is 3. The summed E-state index contributed by atoms with van der Waals surface area (Å²) in [5, 5.41) is 9.09. The van der Waals surface area contributed by atoms with Crippen molar-refractivity contribution < 1.29 is 8.94 Å². The van der Waals surface area contributed by atoms with Crippen LogP contribution >= 0.6 is 34.7 Å². The molecule has 3 heterocycles. The fourth-order valence-corrected chi connectivity index (χ4v) is 3.36. The lowest BCUT2D eigenvalue weighted by molar-refractivity contribution is 0.425. The summed E-state index contributed by atoms with van der Waals surface area (Å²) in [6, 6.07) is 7.29. The zero-order chi connectivity index (χ0) is 14.9. The molecule has 0 spiro atoms. The summed E-state index contributed by atoms with van der Waals surface area (Å²) < 4.78 is 10.9. The van der Waals surface area contributed by atoms with Gasteiger partial charge < -0.3 is 8.94 Å². The van der Waals surface area contributed by atoms with Gasteiger partial charge in [0.05, 0.1) is 11.3 Å². The molecule has 0 fully saturated rings. The van der Waals surface area contributed by atoms with Gasteiger partial charge in [0.15, 0.2) is 11.4 Å². The monoisotopic (exact) mass is 349 g/mol. The van der Waals surface area contributed by atoms with E-state index < -0.39 is 0 Å². The highest BCUT2D eigenvalue weighted by Gasteiger charge is 2.12. The van der Waals surface area contributed by atoms with E-state index in [0.717, 1.165) is 11.1 Å². The Morgan fingerprint density at radius 2 is 2.18 bits per heavy atom. The summed E-state index contributed by atoms with van der Waals surface area (Å²) in [4.78, 5) is 8.73. The smallest absolute Gasteiger partial charge is 0.258 e. The van der Waals surface area contributed by atoms with Gasteiger partial charge in [-0.15, -0.1) is 0 Å². The number of rotatable bonds is 4. The minimum absolute atomic E-state index is 0.522. The van der Waals surface area contributed by atoms with Crippen molar-refractivity contribution in [1.29, 1.82) is 0 Å². The Balaban J connectivity index is 1.49. The van der Waals surface area contributed by atoms with E-state index in [9.17, 15) is 0 Å². The first kappa shape index (κ1) is 13.8. The molecule has 0 N–H and O–H groups in total. The quantitative estimate of drug-likeness (QED) is 0.489. The Bertz CT molecular complexity index is 917. The van der Waals surface area contributed by atoms with Gasteiger partial charge >= 0.3 is 0 Å². The van der Waals surface area contributed by atoms with E-state index in [0.29, 0.717) is 33.3 Å². The Hall–Kier alpha value is -1.83. The molecular weight excluding hydrogens is 342 g/mol. The molecule has 0 saturated carbocycles. The summed E-state index contributed by atoms with van der Waals surface area (Å²) in [5.74, 6) is 1.65. The van der Waals surface area contributed by atoms with E-state index >= 15 is 0 Å². The number of hydrogen-bond acceptors (Lipinski definition) is 7. The maximum atomic E-state index is 5.93. The van der Waals surface area contributed by atoms with Crippen LogP contribution in [0.15, 0.2) is 49.2 Å². The number of thioether (sulfide) groups is 1. The molecule has 3 aromatic heterocycles. The van der Waals surface area contributed by atoms with Crippen LogP contribution in [0, 0.1) is 0 Å². The summed E-state index contributed by atoms with van der Waals surface area (Å²) in [7, 11) is 0. The van der Waals surface area contributed by atoms with Crippen LogP contribution in [0.1, 0.15) is 5.82 Å². The Kier molecular flexibility index (Phi) is 3.61. The highest BCUT2D eigenvalue weighted by molar-refractivity contribution is 7.98. The van der Waals surface area contributed by atoms with Crippen molar-refractivity contribution in [3.05, 3.63) is 45.9 Å². The Morgan fingerprint density at radius 3 is 3.05 bits per heavy atom. The first-order valence-corrected chi connectivity index (χ1v) is 8.62. The van der Waals surface area contributed by atoms with E-state index in [-0.39, 0.29) is 0 Å². The second-order valence-electron chi connectivity index (χ2n) is 4.41. The van der Waals surface area contributed by atoms with Gasteiger partial charge in [-0.2, -0.15) is 16.3 Å². The van der Waals surface area contributed by atoms with Crippen LogP contribution < -0.4 is 0 Å². The predicted molar refractivity (Wildman–Crippen MR) is 86.2 cm³/mol. The first-order chi connectivity index (χ1) is 10.8. The van der Waals surface area contributed by atoms with Gasteiger partial charge in [-0.05, 0) is 29.6 Å². The highest BCUT2D eigenvalue weighted by Crippen LogP contribution is 2.28. The summed E-state index contributed by atoms with van der Waals surface area (Å²) in [6.45, 7) is 0. The third-order valence-corrected chi connectivity index (χ3v) is 4.63. The second-order valence-corrected chi connectivity index (χ2v) is 6.55. The van der Waals surface area contributed by atoms with Crippen LogP contribution in [0.5, 0.6) is 0 Å². The highest BCUT2D eigenvalue weighted by atomic mass is 35.5. The lowest BCUT2D eigenvalue weighted by Crippen LogP contribution is -1.83. The number of fused-ring (bicyclic) bond motifs is 1. The molecule has 0 unspecified atom stereocenters. The molecule has 0 bridgehead atoms. The van der Waals surface area contributed by atoms with Crippen molar-refractivity contribution in [2.24, 2.45) is 0 Å². The minimum atomic E-state index is 0.522. The van der Waals surface area contributed by atoms with Gasteiger partial charge in [0, 0.05) is 10.4 Å². The summed E-state index contributed by atoms with van der Waals surface area (Å²) in [5.41, 5.74) is 2.38. The molecule has 8 heteroatoms. The molecule has 0 atom stereocenters. The van der Waals surface area contributed by atoms with Crippen molar-refractivity contribution in [3.63, 3.8) is 0 Å². The molecule has 4 aromatic rings. The molecule has 22 heavy (non-hydrogen) atoms. The van der Waals surface area contributed by atoms with E-state index in [1.807, 2.05) is 16.8 Å². The average Bonchev–Trinajstić information content (AvgIpc) is 3.24. The minimum Gasteiger partial charge on any atom is -0.431 e. The third-order valence-electron chi connectivity index (χ3n) is 2.89. The zero-order valence-electron chi connectivity index (χ0n) is 11.0. The lowest BCUT2D eigenvalue weighted by atomic mass is 10.3. The standard InChI is InChI=1S/C14H8ClN3O2S2/c15-9-1-2-11-10(5-9)16-14(19-11)22-7-12-17-13(20-18-12)8-3-4-21-6-8/h1-6H,7H2. The molecule has 0 radical (unpaired) electrons. The first-order valence-electron chi connectivity index (χ1n) is 6.32. The van der Waals surface area contributed by atoms with Gasteiger partial charge in [-0.25, -0.2) is 4.98 Å². The number of hydrogen-bond donors (Lipinski definition) is 0. The molecule has 1 aromatic carbocycles. The van der Waals surface area contributed by atoms with E-state index in [2.05, 4.69) is 15.1 Å². The maximum absolute atomic E-state index is 5.93. The van der Waals surface area contributed by atoms with Crippen LogP contribution in [-0.4, -0.2) is 15.1 Å². The summed E-state index contributed by atoms with van der Waals surface area (Å²) >= 11 is 8.93. The number of benzene rings is 1. The topological polar surface area (TPSA) is 65.0 Å². The second kappa shape index (κ2) is 5.75. The van der Waals surface area contributed by atoms with Gasteiger partial charge in [0.1, 0.15) is 5.52 Å². The molecule has 0 aliphatic rings. The fourth-order valence-electron chi connectivity index (χ4n) is 1.88. The summed E-state index contributed by atoms with van der Waals surface area (Å²) in [6.07, 6.45) is 0. The van der Waals surface area contributed by atoms with E-state index in [1.165, 1.54) is 11.8 Å². The predicted octanol–water partition coefficient (Wildman–Crippen LogP) is 4.89. The van der Waals surface area contributed by atoms with Crippen LogP contribution in [0.25, 0.3) is 22.6 Å². The largest absolute Gasteiger partial charge is 0.431 e. The maximum Gasteiger partial charge on any atom is 0.258 e. The van der Waals surface area contributed by atoms with E-state index in [1.54, 1.807) is 29.5 Å². The molecule has 4 rings (SSSR count). The van der Waals surface area contributed by atoms with Crippen LogP contribution in [-0.2, 0) is 5.75 Å². The number of halogens is 1. The molecule has 0 aliphatic carbocycles. The Labute approximate surface area is 138 Å². The van der Waals surface area contributed by atoms with Crippen molar-refractivity contribution in [2.45, 2.75) is 11.0 Å². The van der Waals surface area contributed by atoms with Crippen LogP contribution in [0.4, 0.5) is 0 Å². The lowest BCUT2D eigenvalue weighted by Gasteiger charge is -1.89. The molecule has 110 valence electrons. The van der Waals surface area contributed by atoms with Crippen molar-refractivity contribution >= 4 is 45.8 Å². The average molecular weight is 350 g/mol. The third kappa shape index (κ3) is 2.75. The zero-order valence-corrected chi connectivity index (χ0v) is 13.4. The SMILES string of the molecule is Clc1ccc2oc(SCc3noc(-c4ccsc4)n3)nc2c1. The Morgan fingerprint density at radius 1 is 1.23 bits per heavy atom. The van der Waals surface area contributed by atoms with Crippen LogP contribution in [0.3, 0.4) is 0 Å². The fraction of sp³-hybridized carbons (Fsp3) is 0.0714. The van der Waals surface area contributed by atoms with Gasteiger partial charge in [-0.3, -0.25) is 0 Å². The molecule has 0 saturated heterocycles. The number of aromatic nitrogens is 3.